The van der Waals surface area contributed by atoms with E-state index in [0.29, 0.717) is 18.1 Å². The highest BCUT2D eigenvalue weighted by Gasteiger charge is 2.45. The van der Waals surface area contributed by atoms with E-state index in [-0.39, 0.29) is 6.03 Å². The van der Waals surface area contributed by atoms with Gasteiger partial charge in [0.15, 0.2) is 0 Å². The number of fused-ring (bicyclic) bond motifs is 2. The Bertz CT molecular complexity index is 584. The van der Waals surface area contributed by atoms with Crippen molar-refractivity contribution in [3.05, 3.63) is 29.8 Å². The van der Waals surface area contributed by atoms with Gasteiger partial charge in [-0.15, -0.1) is 0 Å². The van der Waals surface area contributed by atoms with Crippen molar-refractivity contribution in [1.82, 2.24) is 10.2 Å². The highest BCUT2D eigenvalue weighted by Crippen LogP contribution is 2.41. The predicted octanol–water partition coefficient (Wildman–Crippen LogP) is 3.92. The predicted molar refractivity (Wildman–Crippen MR) is 97.3 cm³/mol. The van der Waals surface area contributed by atoms with Crippen LogP contribution >= 0.6 is 0 Å². The van der Waals surface area contributed by atoms with Crippen LogP contribution in [0.25, 0.3) is 0 Å². The lowest BCUT2D eigenvalue weighted by Gasteiger charge is -2.49. The second kappa shape index (κ2) is 6.75. The van der Waals surface area contributed by atoms with Crippen LogP contribution in [0.5, 0.6) is 0 Å². The molecule has 24 heavy (non-hydrogen) atoms. The maximum absolute atomic E-state index is 12.5. The quantitative estimate of drug-likeness (QED) is 0.880. The second-order valence-electron chi connectivity index (χ2n) is 7.69. The molecule has 1 aromatic carbocycles. The second-order valence-corrected chi connectivity index (χ2v) is 7.69. The van der Waals surface area contributed by atoms with Crippen LogP contribution in [0.15, 0.2) is 24.3 Å². The van der Waals surface area contributed by atoms with Gasteiger partial charge in [0.2, 0.25) is 0 Å². The molecule has 3 aliphatic rings. The van der Waals surface area contributed by atoms with Crippen molar-refractivity contribution in [3.8, 4) is 0 Å². The molecule has 2 heterocycles. The molecule has 2 aliphatic heterocycles. The van der Waals surface area contributed by atoms with Crippen LogP contribution in [0, 0.1) is 0 Å². The molecule has 2 bridgehead atoms. The van der Waals surface area contributed by atoms with E-state index in [1.165, 1.54) is 37.7 Å². The molecule has 4 rings (SSSR count). The van der Waals surface area contributed by atoms with Crippen LogP contribution in [-0.4, -0.2) is 35.1 Å². The molecule has 3 fully saturated rings. The Balaban J connectivity index is 1.36. The maximum Gasteiger partial charge on any atom is 0.319 e. The molecular formula is C20H29N3O. The Hall–Kier alpha value is -1.55. The molecule has 130 valence electrons. The number of benzene rings is 1. The summed E-state index contributed by atoms with van der Waals surface area (Å²) in [5.74, 6) is 0. The number of anilines is 1. The number of urea groups is 1. The summed E-state index contributed by atoms with van der Waals surface area (Å²) in [5.41, 5.74) is 2.13. The molecule has 0 radical (unpaired) electrons. The zero-order valence-corrected chi connectivity index (χ0v) is 14.6. The van der Waals surface area contributed by atoms with Gasteiger partial charge in [0.05, 0.1) is 0 Å². The van der Waals surface area contributed by atoms with Gasteiger partial charge in [0, 0.05) is 29.9 Å². The molecule has 1 aromatic rings. The van der Waals surface area contributed by atoms with E-state index in [4.69, 9.17) is 0 Å². The summed E-state index contributed by atoms with van der Waals surface area (Å²) >= 11 is 0. The minimum Gasteiger partial charge on any atom is -0.335 e. The number of carbonyl (C=O) groups is 1. The molecule has 0 aromatic heterocycles. The number of nitrogens with zero attached hydrogens (tertiary/aromatic N) is 1. The van der Waals surface area contributed by atoms with Gasteiger partial charge in [-0.2, -0.15) is 0 Å². The van der Waals surface area contributed by atoms with E-state index in [0.717, 1.165) is 31.0 Å². The van der Waals surface area contributed by atoms with Crippen LogP contribution in [0.4, 0.5) is 10.5 Å². The first-order valence-corrected chi connectivity index (χ1v) is 9.67. The zero-order valence-electron chi connectivity index (χ0n) is 14.6. The Morgan fingerprint density at radius 3 is 2.46 bits per heavy atom. The smallest absolute Gasteiger partial charge is 0.319 e. The molecule has 2 amide bonds. The molecule has 2 N–H and O–H groups in total. The standard InChI is InChI=1S/C20H29N3O/c1-2-14-6-3-4-9-19(14)22-20(24)21-15-12-17-7-5-8-18(13-15)23(17)16-10-11-16/h3-4,6,9,15-18H,2,5,7-8,10-13H2,1H3,(H2,21,22,24)/t17-,18-/m0/s1. The topological polar surface area (TPSA) is 44.4 Å². The largest absolute Gasteiger partial charge is 0.335 e. The van der Waals surface area contributed by atoms with Gasteiger partial charge in [-0.1, -0.05) is 31.5 Å². The van der Waals surface area contributed by atoms with Crippen LogP contribution in [0.2, 0.25) is 0 Å². The fourth-order valence-corrected chi connectivity index (χ4v) is 4.80. The fraction of sp³-hybridized carbons (Fsp3) is 0.650. The zero-order chi connectivity index (χ0) is 16.5. The number of carbonyl (C=O) groups excluding carboxylic acids is 1. The third-order valence-electron chi connectivity index (χ3n) is 5.98. The average molecular weight is 327 g/mol. The van der Waals surface area contributed by atoms with E-state index in [2.05, 4.69) is 28.5 Å². The van der Waals surface area contributed by atoms with Crippen molar-refractivity contribution in [2.45, 2.75) is 82.5 Å². The van der Waals surface area contributed by atoms with Gasteiger partial charge in [-0.05, 0) is 56.6 Å². The summed E-state index contributed by atoms with van der Waals surface area (Å²) in [6, 6.07) is 10.6. The van der Waals surface area contributed by atoms with E-state index in [1.54, 1.807) is 0 Å². The number of para-hydroxylation sites is 1. The van der Waals surface area contributed by atoms with Crippen LogP contribution in [-0.2, 0) is 6.42 Å². The van der Waals surface area contributed by atoms with Crippen molar-refractivity contribution in [2.24, 2.45) is 0 Å². The Kier molecular flexibility index (Phi) is 4.49. The maximum atomic E-state index is 12.5. The van der Waals surface area contributed by atoms with E-state index >= 15 is 0 Å². The summed E-state index contributed by atoms with van der Waals surface area (Å²) in [6.07, 6.45) is 9.93. The summed E-state index contributed by atoms with van der Waals surface area (Å²) in [7, 11) is 0. The summed E-state index contributed by atoms with van der Waals surface area (Å²) in [6.45, 7) is 2.12. The van der Waals surface area contributed by atoms with Gasteiger partial charge in [0.1, 0.15) is 0 Å². The number of nitrogens with one attached hydrogen (secondary N) is 2. The SMILES string of the molecule is CCc1ccccc1NC(=O)NC1C[C@@H]2CCC[C@@H](C1)N2C1CC1. The minimum atomic E-state index is -0.0427. The third kappa shape index (κ3) is 3.30. The number of piperidine rings is 2. The van der Waals surface area contributed by atoms with Gasteiger partial charge < -0.3 is 10.6 Å². The molecule has 0 unspecified atom stereocenters. The molecule has 4 heteroatoms. The lowest BCUT2D eigenvalue weighted by atomic mass is 9.81. The number of hydrogen-bond donors (Lipinski definition) is 2. The summed E-state index contributed by atoms with van der Waals surface area (Å²) in [5, 5.41) is 6.31. The molecule has 1 aliphatic carbocycles. The normalized spacial score (nSPS) is 30.0. The van der Waals surface area contributed by atoms with Gasteiger partial charge in [-0.25, -0.2) is 4.79 Å². The average Bonchev–Trinajstić information content (AvgIpc) is 3.39. The summed E-state index contributed by atoms with van der Waals surface area (Å²) in [4.78, 5) is 15.3. The number of amides is 2. The van der Waals surface area contributed by atoms with Crippen molar-refractivity contribution in [3.63, 3.8) is 0 Å². The number of rotatable bonds is 4. The lowest BCUT2D eigenvalue weighted by Crippen LogP contribution is -2.58. The third-order valence-corrected chi connectivity index (χ3v) is 5.98. The van der Waals surface area contributed by atoms with Crippen molar-refractivity contribution < 1.29 is 4.79 Å². The van der Waals surface area contributed by atoms with Gasteiger partial charge >= 0.3 is 6.03 Å². The van der Waals surface area contributed by atoms with E-state index < -0.39 is 0 Å². The van der Waals surface area contributed by atoms with Crippen molar-refractivity contribution in [2.75, 3.05) is 5.32 Å². The molecular weight excluding hydrogens is 298 g/mol. The van der Waals surface area contributed by atoms with Crippen LogP contribution in [0.3, 0.4) is 0 Å². The van der Waals surface area contributed by atoms with E-state index in [1.807, 2.05) is 18.2 Å². The Labute approximate surface area is 145 Å². The molecule has 2 atom stereocenters. The minimum absolute atomic E-state index is 0.0427. The van der Waals surface area contributed by atoms with Crippen LogP contribution < -0.4 is 10.6 Å². The fourth-order valence-electron chi connectivity index (χ4n) is 4.80. The molecule has 0 spiro atoms. The Morgan fingerprint density at radius 2 is 1.79 bits per heavy atom. The number of hydrogen-bond acceptors (Lipinski definition) is 2. The first kappa shape index (κ1) is 15.9. The van der Waals surface area contributed by atoms with Crippen molar-refractivity contribution >= 4 is 11.7 Å². The van der Waals surface area contributed by atoms with E-state index in [9.17, 15) is 4.79 Å². The van der Waals surface area contributed by atoms with Gasteiger partial charge in [0.25, 0.3) is 0 Å². The first-order valence-electron chi connectivity index (χ1n) is 9.67. The highest BCUT2D eigenvalue weighted by molar-refractivity contribution is 5.90. The lowest BCUT2D eigenvalue weighted by molar-refractivity contribution is 0.0198. The van der Waals surface area contributed by atoms with Crippen molar-refractivity contribution in [1.29, 1.82) is 0 Å². The van der Waals surface area contributed by atoms with Gasteiger partial charge in [-0.3, -0.25) is 4.90 Å². The van der Waals surface area contributed by atoms with Crippen LogP contribution in [0.1, 0.15) is 57.4 Å². The monoisotopic (exact) mass is 327 g/mol. The Morgan fingerprint density at radius 1 is 1.08 bits per heavy atom. The summed E-state index contributed by atoms with van der Waals surface area (Å²) < 4.78 is 0. The molecule has 2 saturated heterocycles. The molecule has 1 saturated carbocycles. The first-order chi connectivity index (χ1) is 11.7. The molecule has 4 nitrogen and oxygen atoms in total. The highest BCUT2D eigenvalue weighted by atomic mass is 16.2. The number of aryl methyl sites for hydroxylation is 1.